The molecule has 0 spiro atoms. The van der Waals surface area contributed by atoms with E-state index >= 15 is 0 Å². The lowest BCUT2D eigenvalue weighted by Gasteiger charge is -2.28. The molecule has 1 saturated heterocycles. The zero-order chi connectivity index (χ0) is 13.0. The molecule has 2 rings (SSSR count). The van der Waals surface area contributed by atoms with Crippen LogP contribution in [0.1, 0.15) is 18.2 Å². The lowest BCUT2D eigenvalue weighted by molar-refractivity contribution is 0.208. The fraction of sp³-hybridized carbons (Fsp3) is 0.692. The number of rotatable bonds is 5. The Bertz CT molecular complexity index is 356. The quantitative estimate of drug-likeness (QED) is 0.816. The number of nitrogens with two attached hydrogens (primary N) is 1. The van der Waals surface area contributed by atoms with Crippen molar-refractivity contribution in [1.29, 1.82) is 0 Å². The molecule has 0 aromatic carbocycles. The van der Waals surface area contributed by atoms with Gasteiger partial charge in [-0.2, -0.15) is 0 Å². The summed E-state index contributed by atoms with van der Waals surface area (Å²) in [5.41, 5.74) is 6.91. The number of aromatic nitrogens is 2. The molecule has 1 aromatic heterocycles. The van der Waals surface area contributed by atoms with E-state index in [2.05, 4.69) is 33.9 Å². The molecule has 0 aliphatic carbocycles. The van der Waals surface area contributed by atoms with Crippen LogP contribution in [-0.2, 0) is 0 Å². The van der Waals surface area contributed by atoms with Crippen molar-refractivity contribution in [3.8, 4) is 0 Å². The highest BCUT2D eigenvalue weighted by Gasteiger charge is 2.24. The van der Waals surface area contributed by atoms with Gasteiger partial charge in [-0.15, -0.1) is 0 Å². The molecular formula is C13H23N5. The summed E-state index contributed by atoms with van der Waals surface area (Å²) in [5, 5.41) is 0. The third-order valence-corrected chi connectivity index (χ3v) is 3.74. The molecule has 2 heterocycles. The maximum absolute atomic E-state index is 5.89. The van der Waals surface area contributed by atoms with Crippen LogP contribution < -0.4 is 5.73 Å². The summed E-state index contributed by atoms with van der Waals surface area (Å²) in [6.45, 7) is 4.07. The number of likely N-dealkylation sites (N-methyl/N-ethyl adjacent to an activating group) is 1. The maximum Gasteiger partial charge on any atom is 0.115 e. The van der Waals surface area contributed by atoms with E-state index in [0.29, 0.717) is 6.54 Å². The third-order valence-electron chi connectivity index (χ3n) is 3.74. The van der Waals surface area contributed by atoms with Crippen molar-refractivity contribution in [2.45, 2.75) is 12.5 Å². The van der Waals surface area contributed by atoms with Gasteiger partial charge in [-0.05, 0) is 39.0 Å². The normalized spacial score (nSPS) is 22.6. The van der Waals surface area contributed by atoms with Crippen LogP contribution in [0.2, 0.25) is 0 Å². The standard InChI is InChI=1S/C13H23N5/c1-17-6-4-11(8-17)9-18(2)13(7-14)12-3-5-15-10-16-12/h3,5,10-11,13H,4,6-9,14H2,1-2H3. The van der Waals surface area contributed by atoms with Crippen LogP contribution in [0.4, 0.5) is 0 Å². The average molecular weight is 249 g/mol. The zero-order valence-corrected chi connectivity index (χ0v) is 11.3. The minimum absolute atomic E-state index is 0.193. The van der Waals surface area contributed by atoms with E-state index in [9.17, 15) is 0 Å². The third kappa shape index (κ3) is 3.25. The van der Waals surface area contributed by atoms with E-state index in [4.69, 9.17) is 5.73 Å². The Hall–Kier alpha value is -1.04. The topological polar surface area (TPSA) is 58.3 Å². The molecule has 2 atom stereocenters. The summed E-state index contributed by atoms with van der Waals surface area (Å²) in [6, 6.07) is 2.15. The highest BCUT2D eigenvalue weighted by molar-refractivity contribution is 5.05. The molecule has 2 N–H and O–H groups in total. The molecule has 0 radical (unpaired) electrons. The number of hydrogen-bond donors (Lipinski definition) is 1. The van der Waals surface area contributed by atoms with Gasteiger partial charge in [0.15, 0.2) is 0 Å². The van der Waals surface area contributed by atoms with Crippen LogP contribution in [0, 0.1) is 5.92 Å². The van der Waals surface area contributed by atoms with E-state index in [-0.39, 0.29) is 6.04 Å². The molecule has 0 saturated carbocycles. The summed E-state index contributed by atoms with van der Waals surface area (Å²) < 4.78 is 0. The highest BCUT2D eigenvalue weighted by Crippen LogP contribution is 2.21. The van der Waals surface area contributed by atoms with Gasteiger partial charge in [0, 0.05) is 25.8 Å². The predicted octanol–water partition coefficient (Wildman–Crippen LogP) is 0.360. The summed E-state index contributed by atoms with van der Waals surface area (Å²) in [7, 11) is 4.32. The second kappa shape index (κ2) is 6.22. The van der Waals surface area contributed by atoms with Crippen molar-refractivity contribution in [3.05, 3.63) is 24.3 Å². The molecule has 100 valence electrons. The van der Waals surface area contributed by atoms with Gasteiger partial charge in [0.1, 0.15) is 6.33 Å². The van der Waals surface area contributed by atoms with Gasteiger partial charge < -0.3 is 10.6 Å². The Labute approximate surface area is 109 Å². The van der Waals surface area contributed by atoms with Crippen molar-refractivity contribution in [3.63, 3.8) is 0 Å². The molecule has 2 unspecified atom stereocenters. The van der Waals surface area contributed by atoms with Crippen LogP contribution in [0.5, 0.6) is 0 Å². The van der Waals surface area contributed by atoms with E-state index in [1.165, 1.54) is 19.5 Å². The molecule has 5 nitrogen and oxygen atoms in total. The van der Waals surface area contributed by atoms with E-state index in [0.717, 1.165) is 18.2 Å². The molecule has 0 bridgehead atoms. The molecule has 18 heavy (non-hydrogen) atoms. The molecule has 0 amide bonds. The minimum atomic E-state index is 0.193. The van der Waals surface area contributed by atoms with Gasteiger partial charge in [0.05, 0.1) is 11.7 Å². The fourth-order valence-electron chi connectivity index (χ4n) is 2.73. The summed E-state index contributed by atoms with van der Waals surface area (Å²) in [6.07, 6.45) is 4.65. The van der Waals surface area contributed by atoms with Crippen molar-refractivity contribution in [1.82, 2.24) is 19.8 Å². The summed E-state index contributed by atoms with van der Waals surface area (Å²) in [5.74, 6) is 0.746. The average Bonchev–Trinajstić information content (AvgIpc) is 2.77. The largest absolute Gasteiger partial charge is 0.329 e. The maximum atomic E-state index is 5.89. The summed E-state index contributed by atoms with van der Waals surface area (Å²) >= 11 is 0. The van der Waals surface area contributed by atoms with Gasteiger partial charge in [-0.25, -0.2) is 9.97 Å². The van der Waals surface area contributed by atoms with E-state index < -0.39 is 0 Å². The van der Waals surface area contributed by atoms with Gasteiger partial charge in [-0.1, -0.05) is 0 Å². The van der Waals surface area contributed by atoms with Crippen LogP contribution in [0.15, 0.2) is 18.6 Å². The molecule has 1 aromatic rings. The van der Waals surface area contributed by atoms with Crippen molar-refractivity contribution >= 4 is 0 Å². The lowest BCUT2D eigenvalue weighted by atomic mass is 10.1. The van der Waals surface area contributed by atoms with Gasteiger partial charge in [-0.3, -0.25) is 4.90 Å². The monoisotopic (exact) mass is 249 g/mol. The fourth-order valence-corrected chi connectivity index (χ4v) is 2.73. The van der Waals surface area contributed by atoms with Gasteiger partial charge >= 0.3 is 0 Å². The minimum Gasteiger partial charge on any atom is -0.329 e. The van der Waals surface area contributed by atoms with Crippen LogP contribution in [-0.4, -0.2) is 60.0 Å². The zero-order valence-electron chi connectivity index (χ0n) is 11.3. The Morgan fingerprint density at radius 2 is 2.44 bits per heavy atom. The lowest BCUT2D eigenvalue weighted by Crippen LogP contribution is -2.35. The Kier molecular flexibility index (Phi) is 4.63. The first-order valence-corrected chi connectivity index (χ1v) is 6.55. The second-order valence-electron chi connectivity index (χ2n) is 5.24. The van der Waals surface area contributed by atoms with Crippen LogP contribution in [0.3, 0.4) is 0 Å². The predicted molar refractivity (Wildman–Crippen MR) is 72.1 cm³/mol. The molecule has 5 heteroatoms. The number of nitrogens with zero attached hydrogens (tertiary/aromatic N) is 4. The first-order valence-electron chi connectivity index (χ1n) is 6.55. The Balaban J connectivity index is 1.95. The second-order valence-corrected chi connectivity index (χ2v) is 5.24. The smallest absolute Gasteiger partial charge is 0.115 e. The van der Waals surface area contributed by atoms with Gasteiger partial charge in [0.25, 0.3) is 0 Å². The van der Waals surface area contributed by atoms with E-state index in [1.807, 2.05) is 6.07 Å². The first kappa shape index (κ1) is 13.4. The first-order chi connectivity index (χ1) is 8.70. The van der Waals surface area contributed by atoms with Crippen LogP contribution in [0.25, 0.3) is 0 Å². The van der Waals surface area contributed by atoms with E-state index in [1.54, 1.807) is 12.5 Å². The molecule has 1 fully saturated rings. The Morgan fingerprint density at radius 1 is 1.61 bits per heavy atom. The molecular weight excluding hydrogens is 226 g/mol. The van der Waals surface area contributed by atoms with Crippen molar-refractivity contribution in [2.24, 2.45) is 11.7 Å². The van der Waals surface area contributed by atoms with Crippen molar-refractivity contribution in [2.75, 3.05) is 40.3 Å². The molecule has 1 aliphatic heterocycles. The van der Waals surface area contributed by atoms with Gasteiger partial charge in [0.2, 0.25) is 0 Å². The number of hydrogen-bond acceptors (Lipinski definition) is 5. The molecule has 1 aliphatic rings. The SMILES string of the molecule is CN1CCC(CN(C)C(CN)c2ccncn2)C1. The number of likely N-dealkylation sites (tertiary alicyclic amines) is 1. The Morgan fingerprint density at radius 3 is 3.00 bits per heavy atom. The summed E-state index contributed by atoms with van der Waals surface area (Å²) in [4.78, 5) is 13.0. The highest BCUT2D eigenvalue weighted by atomic mass is 15.2. The van der Waals surface area contributed by atoms with Crippen LogP contribution >= 0.6 is 0 Å². The van der Waals surface area contributed by atoms with Crippen molar-refractivity contribution < 1.29 is 0 Å².